The van der Waals surface area contributed by atoms with Gasteiger partial charge in [0.15, 0.2) is 11.5 Å². The van der Waals surface area contributed by atoms with Crippen LogP contribution in [0.1, 0.15) is 19.3 Å². The third-order valence-corrected chi connectivity index (χ3v) is 4.63. The lowest BCUT2D eigenvalue weighted by molar-refractivity contribution is 0.254. The molecule has 1 N–H and O–H groups in total. The Morgan fingerprint density at radius 2 is 2.04 bits per heavy atom. The fourth-order valence-corrected chi connectivity index (χ4v) is 3.39. The van der Waals surface area contributed by atoms with Crippen molar-refractivity contribution >= 4 is 21.9 Å². The highest BCUT2D eigenvalue weighted by molar-refractivity contribution is 6.06. The minimum atomic E-state index is 0.693. The Labute approximate surface area is 140 Å². The van der Waals surface area contributed by atoms with Crippen molar-refractivity contribution in [3.05, 3.63) is 24.7 Å². The molecule has 1 aliphatic rings. The van der Waals surface area contributed by atoms with Crippen molar-refractivity contribution in [3.63, 3.8) is 0 Å². The maximum atomic E-state index is 5.98. The van der Waals surface area contributed by atoms with Crippen LogP contribution < -0.4 is 9.47 Å². The Bertz CT molecular complexity index is 840. The molecular formula is C18H22N4O2. The zero-order valence-corrected chi connectivity index (χ0v) is 13.9. The van der Waals surface area contributed by atoms with Crippen LogP contribution in [0, 0.1) is 0 Å². The number of benzene rings is 1. The van der Waals surface area contributed by atoms with E-state index in [1.165, 1.54) is 25.9 Å². The average molecular weight is 326 g/mol. The molecule has 3 heterocycles. The van der Waals surface area contributed by atoms with Gasteiger partial charge in [-0.1, -0.05) is 0 Å². The first kappa shape index (κ1) is 15.2. The van der Waals surface area contributed by atoms with E-state index in [9.17, 15) is 0 Å². The highest BCUT2D eigenvalue weighted by atomic mass is 16.5. The Morgan fingerprint density at radius 1 is 1.17 bits per heavy atom. The van der Waals surface area contributed by atoms with Crippen molar-refractivity contribution in [1.29, 1.82) is 0 Å². The number of methoxy groups -OCH3 is 1. The minimum Gasteiger partial charge on any atom is -0.493 e. The zero-order chi connectivity index (χ0) is 16.4. The maximum absolute atomic E-state index is 5.98. The Balaban J connectivity index is 1.52. The monoisotopic (exact) mass is 326 g/mol. The van der Waals surface area contributed by atoms with Gasteiger partial charge in [0.25, 0.3) is 0 Å². The van der Waals surface area contributed by atoms with E-state index in [0.717, 1.165) is 46.4 Å². The molecule has 4 rings (SSSR count). The normalized spacial score (nSPS) is 15.4. The van der Waals surface area contributed by atoms with E-state index in [1.54, 1.807) is 13.4 Å². The van der Waals surface area contributed by atoms with E-state index in [0.29, 0.717) is 6.61 Å². The van der Waals surface area contributed by atoms with E-state index >= 15 is 0 Å². The highest BCUT2D eigenvalue weighted by Crippen LogP contribution is 2.35. The number of aromatic amines is 1. The number of nitrogens with one attached hydrogen (secondary N) is 1. The molecule has 2 aromatic heterocycles. The molecule has 0 spiro atoms. The second kappa shape index (κ2) is 6.65. The van der Waals surface area contributed by atoms with Crippen molar-refractivity contribution < 1.29 is 9.47 Å². The lowest BCUT2D eigenvalue weighted by Gasteiger charge is -2.15. The Kier molecular flexibility index (Phi) is 4.21. The van der Waals surface area contributed by atoms with Crippen molar-refractivity contribution in [3.8, 4) is 11.5 Å². The van der Waals surface area contributed by atoms with Crippen LogP contribution in [0.15, 0.2) is 24.7 Å². The van der Waals surface area contributed by atoms with Gasteiger partial charge >= 0.3 is 0 Å². The molecular weight excluding hydrogens is 304 g/mol. The molecule has 6 nitrogen and oxygen atoms in total. The van der Waals surface area contributed by atoms with Gasteiger partial charge in [0.05, 0.1) is 19.2 Å². The summed E-state index contributed by atoms with van der Waals surface area (Å²) in [5.74, 6) is 1.51. The molecule has 1 fully saturated rings. The van der Waals surface area contributed by atoms with E-state index in [2.05, 4.69) is 19.9 Å². The van der Waals surface area contributed by atoms with Crippen LogP contribution in [0.3, 0.4) is 0 Å². The summed E-state index contributed by atoms with van der Waals surface area (Å²) in [6.07, 6.45) is 7.05. The quantitative estimate of drug-likeness (QED) is 0.706. The predicted octanol–water partition coefficient (Wildman–Crippen LogP) is 2.98. The van der Waals surface area contributed by atoms with Crippen LogP contribution in [0.4, 0.5) is 0 Å². The number of hydrogen-bond acceptors (Lipinski definition) is 5. The lowest BCUT2D eigenvalue weighted by atomic mass is 10.2. The summed E-state index contributed by atoms with van der Waals surface area (Å²) in [6.45, 7) is 4.25. The van der Waals surface area contributed by atoms with Gasteiger partial charge in [0.1, 0.15) is 12.0 Å². The fourth-order valence-electron chi connectivity index (χ4n) is 3.39. The summed E-state index contributed by atoms with van der Waals surface area (Å²) >= 11 is 0. The standard InChI is InChI=1S/C18H22N4O2/c1-23-16-9-13-14-11-19-12-20-18(14)21-15(13)10-17(16)24-8-4-7-22-5-2-3-6-22/h9-12H,2-8H2,1H3,(H,19,20,21). The van der Waals surface area contributed by atoms with Gasteiger partial charge in [-0.2, -0.15) is 0 Å². The molecule has 3 aromatic rings. The van der Waals surface area contributed by atoms with Crippen molar-refractivity contribution in [2.45, 2.75) is 19.3 Å². The first-order valence-corrected chi connectivity index (χ1v) is 8.50. The number of nitrogens with zero attached hydrogens (tertiary/aromatic N) is 3. The Hall–Kier alpha value is -2.34. The highest BCUT2D eigenvalue weighted by Gasteiger charge is 2.13. The number of hydrogen-bond donors (Lipinski definition) is 1. The number of likely N-dealkylation sites (tertiary alicyclic amines) is 1. The van der Waals surface area contributed by atoms with E-state index in [4.69, 9.17) is 9.47 Å². The average Bonchev–Trinajstić information content (AvgIpc) is 3.25. The largest absolute Gasteiger partial charge is 0.493 e. The van der Waals surface area contributed by atoms with Crippen LogP contribution in [0.5, 0.6) is 11.5 Å². The SMILES string of the molecule is COc1cc2c(cc1OCCCN1CCCC1)[nH]c1ncncc12. The fraction of sp³-hybridized carbons (Fsp3) is 0.444. The van der Waals surface area contributed by atoms with E-state index in [1.807, 2.05) is 18.3 Å². The molecule has 0 bridgehead atoms. The topological polar surface area (TPSA) is 63.3 Å². The minimum absolute atomic E-state index is 0.693. The number of H-pyrrole nitrogens is 1. The molecule has 0 saturated carbocycles. The molecule has 0 atom stereocenters. The van der Waals surface area contributed by atoms with Crippen LogP contribution in [-0.2, 0) is 0 Å². The smallest absolute Gasteiger partial charge is 0.163 e. The number of ether oxygens (including phenoxy) is 2. The van der Waals surface area contributed by atoms with Gasteiger partial charge < -0.3 is 19.4 Å². The molecule has 0 amide bonds. The summed E-state index contributed by atoms with van der Waals surface area (Å²) in [5, 5.41) is 2.04. The molecule has 24 heavy (non-hydrogen) atoms. The third kappa shape index (κ3) is 2.89. The summed E-state index contributed by atoms with van der Waals surface area (Å²) in [7, 11) is 1.67. The zero-order valence-electron chi connectivity index (χ0n) is 13.9. The number of aromatic nitrogens is 3. The van der Waals surface area contributed by atoms with Crippen LogP contribution >= 0.6 is 0 Å². The third-order valence-electron chi connectivity index (χ3n) is 4.63. The molecule has 1 aromatic carbocycles. The molecule has 0 aliphatic carbocycles. The van der Waals surface area contributed by atoms with Gasteiger partial charge in [-0.25, -0.2) is 9.97 Å². The van der Waals surface area contributed by atoms with Gasteiger partial charge in [-0.3, -0.25) is 0 Å². The maximum Gasteiger partial charge on any atom is 0.163 e. The van der Waals surface area contributed by atoms with Gasteiger partial charge in [-0.05, 0) is 38.4 Å². The summed E-state index contributed by atoms with van der Waals surface area (Å²) < 4.78 is 11.5. The number of fused-ring (bicyclic) bond motifs is 3. The second-order valence-electron chi connectivity index (χ2n) is 6.21. The summed E-state index contributed by atoms with van der Waals surface area (Å²) in [6, 6.07) is 3.99. The second-order valence-corrected chi connectivity index (χ2v) is 6.21. The molecule has 6 heteroatoms. The first-order chi connectivity index (χ1) is 11.8. The summed E-state index contributed by atoms with van der Waals surface area (Å²) in [4.78, 5) is 14.2. The van der Waals surface area contributed by atoms with Gasteiger partial charge in [-0.15, -0.1) is 0 Å². The van der Waals surface area contributed by atoms with Gasteiger partial charge in [0.2, 0.25) is 0 Å². The first-order valence-electron chi connectivity index (χ1n) is 8.50. The molecule has 0 unspecified atom stereocenters. The van der Waals surface area contributed by atoms with Crippen molar-refractivity contribution in [2.24, 2.45) is 0 Å². The van der Waals surface area contributed by atoms with E-state index in [-0.39, 0.29) is 0 Å². The van der Waals surface area contributed by atoms with Crippen LogP contribution in [0.2, 0.25) is 0 Å². The summed E-state index contributed by atoms with van der Waals surface area (Å²) in [5.41, 5.74) is 1.81. The molecule has 126 valence electrons. The van der Waals surface area contributed by atoms with Crippen molar-refractivity contribution in [1.82, 2.24) is 19.9 Å². The van der Waals surface area contributed by atoms with Gasteiger partial charge in [0, 0.05) is 29.6 Å². The van der Waals surface area contributed by atoms with Crippen LogP contribution in [0.25, 0.3) is 21.9 Å². The lowest BCUT2D eigenvalue weighted by Crippen LogP contribution is -2.21. The molecule has 1 aliphatic heterocycles. The number of rotatable bonds is 6. The van der Waals surface area contributed by atoms with Crippen molar-refractivity contribution in [2.75, 3.05) is 33.4 Å². The molecule has 1 saturated heterocycles. The predicted molar refractivity (Wildman–Crippen MR) is 93.7 cm³/mol. The Morgan fingerprint density at radius 3 is 2.88 bits per heavy atom. The molecule has 0 radical (unpaired) electrons. The van der Waals surface area contributed by atoms with Crippen LogP contribution in [-0.4, -0.2) is 53.2 Å². The van der Waals surface area contributed by atoms with E-state index < -0.39 is 0 Å².